The number of aryl methyl sites for hydroxylation is 2. The fourth-order valence-electron chi connectivity index (χ4n) is 2.98. The number of carbonyl (C=O) groups is 1. The van der Waals surface area contributed by atoms with Crippen LogP contribution in [0.5, 0.6) is 5.75 Å². The molecule has 0 bridgehead atoms. The fraction of sp³-hybridized carbons (Fsp3) is 0.273. The van der Waals surface area contributed by atoms with Crippen molar-refractivity contribution in [1.82, 2.24) is 4.98 Å². The number of aromatic nitrogens is 1. The molecule has 0 radical (unpaired) electrons. The van der Waals surface area contributed by atoms with Crippen molar-refractivity contribution in [2.24, 2.45) is 0 Å². The first-order chi connectivity index (χ1) is 13.3. The largest absolute Gasteiger partial charge is 0.508 e. The van der Waals surface area contributed by atoms with Gasteiger partial charge in [0.1, 0.15) is 10.8 Å². The van der Waals surface area contributed by atoms with Crippen molar-refractivity contribution < 1.29 is 9.90 Å². The van der Waals surface area contributed by atoms with E-state index in [1.807, 2.05) is 6.07 Å². The first-order valence-electron chi connectivity index (χ1n) is 9.04. The van der Waals surface area contributed by atoms with Gasteiger partial charge in [0.05, 0.1) is 10.7 Å². The molecule has 0 fully saturated rings. The Hall–Kier alpha value is -1.88. The summed E-state index contributed by atoms with van der Waals surface area (Å²) in [7, 11) is 0. The van der Waals surface area contributed by atoms with E-state index in [0.29, 0.717) is 39.9 Å². The zero-order valence-electron chi connectivity index (χ0n) is 15.9. The SMILES string of the molecule is Cc1cc(C(=O)CCc2nc(-c3ccc(Cl)cc3Cl)sc2C(C)C)ccc1O. The third-order valence-corrected chi connectivity index (χ3v) is 6.50. The Bertz CT molecular complexity index is 1030. The minimum atomic E-state index is 0.0388. The van der Waals surface area contributed by atoms with Crippen molar-refractivity contribution in [2.45, 2.75) is 39.5 Å². The number of carbonyl (C=O) groups excluding carboxylic acids is 1. The summed E-state index contributed by atoms with van der Waals surface area (Å²) in [5, 5.41) is 11.6. The lowest BCUT2D eigenvalue weighted by atomic mass is 10.0. The van der Waals surface area contributed by atoms with Gasteiger partial charge in [-0.3, -0.25) is 4.79 Å². The number of halogens is 2. The summed E-state index contributed by atoms with van der Waals surface area (Å²) in [6.07, 6.45) is 0.926. The monoisotopic (exact) mass is 433 g/mol. The Morgan fingerprint density at radius 2 is 1.93 bits per heavy atom. The number of Topliss-reactive ketones (excluding diaryl/α,β-unsaturated/α-hetero) is 1. The van der Waals surface area contributed by atoms with Gasteiger partial charge < -0.3 is 5.11 Å². The van der Waals surface area contributed by atoms with Crippen LogP contribution in [0.2, 0.25) is 10.0 Å². The second-order valence-electron chi connectivity index (χ2n) is 7.03. The second-order valence-corrected chi connectivity index (χ2v) is 8.91. The highest BCUT2D eigenvalue weighted by atomic mass is 35.5. The molecule has 1 N–H and O–H groups in total. The van der Waals surface area contributed by atoms with Gasteiger partial charge in [-0.2, -0.15) is 0 Å². The molecule has 0 unspecified atom stereocenters. The number of rotatable bonds is 6. The quantitative estimate of drug-likeness (QED) is 0.422. The van der Waals surface area contributed by atoms with Gasteiger partial charge >= 0.3 is 0 Å². The number of phenolic OH excluding ortho intramolecular Hbond substituents is 1. The number of thiazole rings is 1. The number of benzene rings is 2. The van der Waals surface area contributed by atoms with Crippen LogP contribution in [0.1, 0.15) is 52.7 Å². The molecule has 0 spiro atoms. The number of phenols is 1. The van der Waals surface area contributed by atoms with E-state index in [4.69, 9.17) is 28.2 Å². The molecule has 3 nitrogen and oxygen atoms in total. The predicted molar refractivity (Wildman–Crippen MR) is 117 cm³/mol. The van der Waals surface area contributed by atoms with Gasteiger partial charge in [0, 0.05) is 27.4 Å². The molecule has 0 saturated heterocycles. The first-order valence-corrected chi connectivity index (χ1v) is 10.6. The van der Waals surface area contributed by atoms with Crippen molar-refractivity contribution in [3.05, 3.63) is 68.1 Å². The lowest BCUT2D eigenvalue weighted by Crippen LogP contribution is -2.03. The smallest absolute Gasteiger partial charge is 0.163 e. The molecule has 0 aliphatic rings. The third kappa shape index (κ3) is 4.57. The van der Waals surface area contributed by atoms with Crippen LogP contribution in [0.4, 0.5) is 0 Å². The molecule has 0 amide bonds. The summed E-state index contributed by atoms with van der Waals surface area (Å²) in [5.41, 5.74) is 3.09. The predicted octanol–water partition coefficient (Wildman–Crippen LogP) is 7.07. The zero-order valence-corrected chi connectivity index (χ0v) is 18.3. The van der Waals surface area contributed by atoms with Crippen LogP contribution in [0, 0.1) is 6.92 Å². The molecule has 0 saturated carbocycles. The first kappa shape index (κ1) is 20.8. The Morgan fingerprint density at radius 3 is 2.57 bits per heavy atom. The summed E-state index contributed by atoms with van der Waals surface area (Å²) in [4.78, 5) is 18.5. The van der Waals surface area contributed by atoms with Crippen molar-refractivity contribution in [3.63, 3.8) is 0 Å². The van der Waals surface area contributed by atoms with E-state index >= 15 is 0 Å². The molecular formula is C22H21Cl2NO2S. The molecule has 6 heteroatoms. The molecule has 3 aromatic rings. The van der Waals surface area contributed by atoms with Gasteiger partial charge in [0.25, 0.3) is 0 Å². The second kappa shape index (κ2) is 8.64. The minimum Gasteiger partial charge on any atom is -0.508 e. The molecule has 3 rings (SSSR count). The fourth-order valence-corrected chi connectivity index (χ4v) is 4.68. The average Bonchev–Trinajstić information content (AvgIpc) is 3.06. The third-order valence-electron chi connectivity index (χ3n) is 4.52. The number of nitrogens with zero attached hydrogens (tertiary/aromatic N) is 1. The molecule has 0 aliphatic heterocycles. The molecular weight excluding hydrogens is 413 g/mol. The van der Waals surface area contributed by atoms with Crippen LogP contribution in [-0.2, 0) is 6.42 Å². The van der Waals surface area contributed by atoms with Gasteiger partial charge in [0.15, 0.2) is 5.78 Å². The maximum atomic E-state index is 12.6. The molecule has 28 heavy (non-hydrogen) atoms. The highest BCUT2D eigenvalue weighted by Gasteiger charge is 2.18. The van der Waals surface area contributed by atoms with Crippen LogP contribution < -0.4 is 0 Å². The molecule has 0 atom stereocenters. The summed E-state index contributed by atoms with van der Waals surface area (Å²) in [5.74, 6) is 0.540. The number of ketones is 1. The van der Waals surface area contributed by atoms with Crippen LogP contribution in [0.25, 0.3) is 10.6 Å². The van der Waals surface area contributed by atoms with Gasteiger partial charge in [-0.15, -0.1) is 11.3 Å². The summed E-state index contributed by atoms with van der Waals surface area (Å²) >= 11 is 14.0. The van der Waals surface area contributed by atoms with E-state index < -0.39 is 0 Å². The van der Waals surface area contributed by atoms with Gasteiger partial charge in [0.2, 0.25) is 0 Å². The van der Waals surface area contributed by atoms with E-state index in [1.54, 1.807) is 48.6 Å². The molecule has 0 aliphatic carbocycles. The number of aromatic hydroxyl groups is 1. The van der Waals surface area contributed by atoms with Crippen molar-refractivity contribution in [1.29, 1.82) is 0 Å². The van der Waals surface area contributed by atoms with Crippen molar-refractivity contribution in [2.75, 3.05) is 0 Å². The minimum absolute atomic E-state index is 0.0388. The lowest BCUT2D eigenvalue weighted by Gasteiger charge is -2.06. The molecule has 2 aromatic carbocycles. The van der Waals surface area contributed by atoms with Crippen LogP contribution in [-0.4, -0.2) is 15.9 Å². The highest BCUT2D eigenvalue weighted by Crippen LogP contribution is 2.37. The number of hydrogen-bond acceptors (Lipinski definition) is 4. The maximum absolute atomic E-state index is 12.6. The average molecular weight is 434 g/mol. The normalized spacial score (nSPS) is 11.2. The Morgan fingerprint density at radius 1 is 1.18 bits per heavy atom. The van der Waals surface area contributed by atoms with Crippen LogP contribution >= 0.6 is 34.5 Å². The van der Waals surface area contributed by atoms with E-state index in [0.717, 1.165) is 21.1 Å². The van der Waals surface area contributed by atoms with Gasteiger partial charge in [-0.1, -0.05) is 37.0 Å². The van der Waals surface area contributed by atoms with E-state index in [1.165, 1.54) is 0 Å². The Labute approximate surface area is 179 Å². The Kier molecular flexibility index (Phi) is 6.43. The molecule has 146 valence electrons. The highest BCUT2D eigenvalue weighted by molar-refractivity contribution is 7.15. The maximum Gasteiger partial charge on any atom is 0.163 e. The van der Waals surface area contributed by atoms with E-state index in [-0.39, 0.29) is 11.5 Å². The summed E-state index contributed by atoms with van der Waals surface area (Å²) < 4.78 is 0. The van der Waals surface area contributed by atoms with Crippen LogP contribution in [0.3, 0.4) is 0 Å². The van der Waals surface area contributed by atoms with E-state index in [9.17, 15) is 9.90 Å². The van der Waals surface area contributed by atoms with Gasteiger partial charge in [-0.05, 0) is 61.2 Å². The molecule has 1 aromatic heterocycles. The number of hydrogen-bond donors (Lipinski definition) is 1. The zero-order chi connectivity index (χ0) is 20.4. The lowest BCUT2D eigenvalue weighted by molar-refractivity contribution is 0.0982. The van der Waals surface area contributed by atoms with Crippen LogP contribution in [0.15, 0.2) is 36.4 Å². The Balaban J connectivity index is 1.84. The van der Waals surface area contributed by atoms with Crippen molar-refractivity contribution in [3.8, 4) is 16.3 Å². The van der Waals surface area contributed by atoms with E-state index in [2.05, 4.69) is 13.8 Å². The summed E-state index contributed by atoms with van der Waals surface area (Å²) in [6.45, 7) is 6.02. The van der Waals surface area contributed by atoms with Gasteiger partial charge in [-0.25, -0.2) is 4.98 Å². The molecule has 1 heterocycles. The topological polar surface area (TPSA) is 50.2 Å². The standard InChI is InChI=1S/C22H21Cl2NO2S/c1-12(2)21-18(7-9-20(27)14-4-8-19(26)13(3)10-14)25-22(28-21)16-6-5-15(23)11-17(16)24/h4-6,8,10-12,26H,7,9H2,1-3H3. The van der Waals surface area contributed by atoms with Crippen molar-refractivity contribution >= 4 is 40.3 Å². The summed E-state index contributed by atoms with van der Waals surface area (Å²) in [6, 6.07) is 10.3.